The fourth-order valence-electron chi connectivity index (χ4n) is 3.08. The molecule has 0 N–H and O–H groups in total. The molecule has 7 heteroatoms. The number of thioether (sulfide) groups is 1. The molecule has 0 bridgehead atoms. The van der Waals surface area contributed by atoms with Crippen LogP contribution in [0.15, 0.2) is 41.3 Å². The van der Waals surface area contributed by atoms with E-state index in [4.69, 9.17) is 26.4 Å². The molecule has 0 saturated carbocycles. The van der Waals surface area contributed by atoms with Crippen molar-refractivity contribution >= 4 is 46.0 Å². The lowest BCUT2D eigenvalue weighted by Crippen LogP contribution is -2.28. The number of carbonyl (C=O) groups is 1. The molecule has 1 amide bonds. The van der Waals surface area contributed by atoms with E-state index in [1.807, 2.05) is 30.3 Å². The molecule has 0 unspecified atom stereocenters. The molecular formula is C21H21NO4S2. The number of methoxy groups -OCH3 is 3. The molecule has 1 saturated heterocycles. The Morgan fingerprint density at radius 2 is 1.75 bits per heavy atom. The van der Waals surface area contributed by atoms with Crippen molar-refractivity contribution in [1.29, 1.82) is 0 Å². The van der Waals surface area contributed by atoms with Crippen LogP contribution in [-0.4, -0.2) is 31.6 Å². The lowest BCUT2D eigenvalue weighted by Gasteiger charge is -2.18. The minimum Gasteiger partial charge on any atom is -0.493 e. The number of ether oxygens (including phenoxy) is 3. The van der Waals surface area contributed by atoms with Crippen LogP contribution in [0.3, 0.4) is 0 Å². The van der Waals surface area contributed by atoms with E-state index in [9.17, 15) is 4.79 Å². The van der Waals surface area contributed by atoms with Gasteiger partial charge in [0, 0.05) is 5.56 Å². The molecule has 0 aliphatic carbocycles. The molecule has 1 aliphatic rings. The molecule has 146 valence electrons. The minimum absolute atomic E-state index is 0.146. The molecule has 0 spiro atoms. The van der Waals surface area contributed by atoms with Gasteiger partial charge in [0.05, 0.1) is 31.9 Å². The average Bonchev–Trinajstić information content (AvgIpc) is 3.00. The van der Waals surface area contributed by atoms with Crippen LogP contribution in [0.5, 0.6) is 17.2 Å². The normalized spacial score (nSPS) is 15.3. The van der Waals surface area contributed by atoms with Gasteiger partial charge in [-0.2, -0.15) is 0 Å². The largest absolute Gasteiger partial charge is 0.493 e. The number of rotatable bonds is 6. The highest BCUT2D eigenvalue weighted by atomic mass is 32.2. The van der Waals surface area contributed by atoms with Crippen molar-refractivity contribution in [3.63, 3.8) is 0 Å². The number of hydrogen-bond donors (Lipinski definition) is 0. The van der Waals surface area contributed by atoms with Gasteiger partial charge in [-0.05, 0) is 36.3 Å². The van der Waals surface area contributed by atoms with Gasteiger partial charge in [0.15, 0.2) is 15.8 Å². The molecule has 0 aromatic heterocycles. The first kappa shape index (κ1) is 20.2. The van der Waals surface area contributed by atoms with E-state index in [0.717, 1.165) is 17.7 Å². The third kappa shape index (κ3) is 3.59. The molecule has 0 atom stereocenters. The summed E-state index contributed by atoms with van der Waals surface area (Å²) >= 11 is 6.78. The third-order valence-corrected chi connectivity index (χ3v) is 5.73. The first-order valence-electron chi connectivity index (χ1n) is 8.70. The van der Waals surface area contributed by atoms with Crippen LogP contribution in [0.2, 0.25) is 0 Å². The fraction of sp³-hybridized carbons (Fsp3) is 0.238. The standard InChI is InChI=1S/C21H21NO4S2/c1-5-13-8-6-7-9-15(13)22-20(23)17(28-21(22)27)12-14-10-11-16(24-2)19(26-4)18(14)25-3/h6-12H,5H2,1-4H3. The number of thiocarbonyl (C=S) groups is 1. The van der Waals surface area contributed by atoms with Crippen LogP contribution >= 0.6 is 24.0 Å². The van der Waals surface area contributed by atoms with Crippen LogP contribution in [0.25, 0.3) is 6.08 Å². The van der Waals surface area contributed by atoms with Crippen molar-refractivity contribution in [2.45, 2.75) is 13.3 Å². The number of aryl methyl sites for hydroxylation is 1. The second-order valence-electron chi connectivity index (χ2n) is 5.92. The zero-order valence-electron chi connectivity index (χ0n) is 16.1. The van der Waals surface area contributed by atoms with Crippen LogP contribution in [-0.2, 0) is 11.2 Å². The summed E-state index contributed by atoms with van der Waals surface area (Å²) in [6, 6.07) is 11.4. The van der Waals surface area contributed by atoms with Crippen molar-refractivity contribution in [2.75, 3.05) is 26.2 Å². The predicted molar refractivity (Wildman–Crippen MR) is 118 cm³/mol. The maximum atomic E-state index is 13.1. The second-order valence-corrected chi connectivity index (χ2v) is 7.60. The van der Waals surface area contributed by atoms with Gasteiger partial charge in [-0.1, -0.05) is 49.1 Å². The first-order chi connectivity index (χ1) is 13.5. The van der Waals surface area contributed by atoms with E-state index in [1.54, 1.807) is 38.4 Å². The van der Waals surface area contributed by atoms with Crippen molar-refractivity contribution < 1.29 is 19.0 Å². The van der Waals surface area contributed by atoms with Crippen molar-refractivity contribution in [2.24, 2.45) is 0 Å². The monoisotopic (exact) mass is 415 g/mol. The number of anilines is 1. The Morgan fingerprint density at radius 1 is 1.04 bits per heavy atom. The smallest absolute Gasteiger partial charge is 0.270 e. The molecule has 3 rings (SSSR count). The van der Waals surface area contributed by atoms with Gasteiger partial charge in [0.2, 0.25) is 5.75 Å². The maximum absolute atomic E-state index is 13.1. The second kappa shape index (κ2) is 8.67. The van der Waals surface area contributed by atoms with E-state index in [1.165, 1.54) is 11.8 Å². The van der Waals surface area contributed by atoms with E-state index in [-0.39, 0.29) is 5.91 Å². The summed E-state index contributed by atoms with van der Waals surface area (Å²) in [7, 11) is 4.66. The number of amides is 1. The Hall–Kier alpha value is -2.51. The summed E-state index contributed by atoms with van der Waals surface area (Å²) < 4.78 is 16.8. The Kier molecular flexibility index (Phi) is 6.26. The minimum atomic E-state index is -0.146. The zero-order valence-corrected chi connectivity index (χ0v) is 17.8. The fourth-order valence-corrected chi connectivity index (χ4v) is 4.36. The Morgan fingerprint density at radius 3 is 2.39 bits per heavy atom. The number of carbonyl (C=O) groups excluding carboxylic acids is 1. The third-order valence-electron chi connectivity index (χ3n) is 4.43. The van der Waals surface area contributed by atoms with E-state index < -0.39 is 0 Å². The highest BCUT2D eigenvalue weighted by molar-refractivity contribution is 8.27. The lowest BCUT2D eigenvalue weighted by atomic mass is 10.1. The van der Waals surface area contributed by atoms with Crippen LogP contribution in [0, 0.1) is 0 Å². The average molecular weight is 416 g/mol. The lowest BCUT2D eigenvalue weighted by molar-refractivity contribution is -0.113. The summed E-state index contributed by atoms with van der Waals surface area (Å²) in [4.78, 5) is 15.2. The summed E-state index contributed by atoms with van der Waals surface area (Å²) in [6.45, 7) is 2.06. The van der Waals surface area contributed by atoms with E-state index in [2.05, 4.69) is 6.92 Å². The molecule has 1 fully saturated rings. The molecule has 2 aromatic carbocycles. The summed E-state index contributed by atoms with van der Waals surface area (Å²) in [5.41, 5.74) is 2.61. The maximum Gasteiger partial charge on any atom is 0.270 e. The van der Waals surface area contributed by atoms with Gasteiger partial charge in [-0.3, -0.25) is 9.69 Å². The molecule has 2 aromatic rings. The highest BCUT2D eigenvalue weighted by Crippen LogP contribution is 2.43. The number of hydrogen-bond acceptors (Lipinski definition) is 6. The van der Waals surface area contributed by atoms with Crippen LogP contribution in [0.1, 0.15) is 18.1 Å². The summed E-state index contributed by atoms with van der Waals surface area (Å²) in [5.74, 6) is 1.39. The molecule has 1 heterocycles. The molecule has 1 aliphatic heterocycles. The Labute approximate surface area is 174 Å². The molecular weight excluding hydrogens is 394 g/mol. The van der Waals surface area contributed by atoms with Gasteiger partial charge in [-0.25, -0.2) is 0 Å². The number of benzene rings is 2. The van der Waals surface area contributed by atoms with Crippen molar-refractivity contribution in [1.82, 2.24) is 0 Å². The van der Waals surface area contributed by atoms with Gasteiger partial charge >= 0.3 is 0 Å². The molecule has 28 heavy (non-hydrogen) atoms. The van der Waals surface area contributed by atoms with Gasteiger partial charge < -0.3 is 14.2 Å². The SMILES string of the molecule is CCc1ccccc1N1C(=O)C(=Cc2ccc(OC)c(OC)c2OC)SC1=S. The van der Waals surface area contributed by atoms with E-state index >= 15 is 0 Å². The summed E-state index contributed by atoms with van der Waals surface area (Å²) in [5, 5.41) is 0. The van der Waals surface area contributed by atoms with Gasteiger partial charge in [0.25, 0.3) is 5.91 Å². The highest BCUT2D eigenvalue weighted by Gasteiger charge is 2.34. The zero-order chi connectivity index (χ0) is 20.3. The number of para-hydroxylation sites is 1. The predicted octanol–water partition coefficient (Wildman–Crippen LogP) is 4.68. The van der Waals surface area contributed by atoms with Gasteiger partial charge in [0.1, 0.15) is 0 Å². The first-order valence-corrected chi connectivity index (χ1v) is 9.93. The Bertz CT molecular complexity index is 955. The van der Waals surface area contributed by atoms with E-state index in [0.29, 0.717) is 32.0 Å². The molecule has 5 nitrogen and oxygen atoms in total. The van der Waals surface area contributed by atoms with Crippen LogP contribution < -0.4 is 19.1 Å². The van der Waals surface area contributed by atoms with Crippen molar-refractivity contribution in [3.05, 3.63) is 52.4 Å². The van der Waals surface area contributed by atoms with Crippen LogP contribution in [0.4, 0.5) is 5.69 Å². The molecule has 0 radical (unpaired) electrons. The van der Waals surface area contributed by atoms with Gasteiger partial charge in [-0.15, -0.1) is 0 Å². The topological polar surface area (TPSA) is 48.0 Å². The summed E-state index contributed by atoms with van der Waals surface area (Å²) in [6.07, 6.45) is 2.59. The van der Waals surface area contributed by atoms with Crippen molar-refractivity contribution in [3.8, 4) is 17.2 Å². The quantitative estimate of drug-likeness (QED) is 0.504. The Balaban J connectivity index is 2.03. The number of nitrogens with zero attached hydrogens (tertiary/aromatic N) is 1.